The van der Waals surface area contributed by atoms with Crippen LogP contribution in [0.2, 0.25) is 10.0 Å². The molecule has 3 heteroatoms. The molecule has 1 rings (SSSR count). The number of hydrogen-bond acceptors (Lipinski definition) is 1. The van der Waals surface area contributed by atoms with E-state index in [-0.39, 0.29) is 0 Å². The van der Waals surface area contributed by atoms with Crippen LogP contribution in [0.1, 0.15) is 26.2 Å². The Morgan fingerprint density at radius 2 is 1.86 bits per heavy atom. The van der Waals surface area contributed by atoms with Crippen molar-refractivity contribution in [3.63, 3.8) is 0 Å². The van der Waals surface area contributed by atoms with Gasteiger partial charge in [-0.15, -0.1) is 0 Å². The molecule has 1 aromatic rings. The van der Waals surface area contributed by atoms with Crippen molar-refractivity contribution in [1.29, 1.82) is 0 Å². The van der Waals surface area contributed by atoms with Crippen LogP contribution in [0.4, 0.5) is 0 Å². The first-order valence-corrected chi connectivity index (χ1v) is 5.49. The number of benzene rings is 1. The summed E-state index contributed by atoms with van der Waals surface area (Å²) in [6, 6.07) is 6.14. The highest BCUT2D eigenvalue weighted by atomic mass is 35.5. The van der Waals surface area contributed by atoms with Crippen molar-refractivity contribution >= 4 is 23.2 Å². The minimum atomic E-state index is 0.522. The molecule has 0 spiro atoms. The zero-order valence-corrected chi connectivity index (χ0v) is 9.66. The van der Waals surface area contributed by atoms with Crippen LogP contribution in [0.3, 0.4) is 0 Å². The van der Waals surface area contributed by atoms with E-state index in [2.05, 4.69) is 13.0 Å². The molecule has 0 aromatic heterocycles. The smallest absolute Gasteiger partial charge is 0.156 e. The molecule has 0 heterocycles. The van der Waals surface area contributed by atoms with E-state index in [9.17, 15) is 0 Å². The average molecular weight is 232 g/mol. The Morgan fingerprint density at radius 3 is 2.43 bits per heavy atom. The summed E-state index contributed by atoms with van der Waals surface area (Å²) in [4.78, 5) is 0. The quantitative estimate of drug-likeness (QED) is 0.685. The molecule has 77 valence electrons. The Bertz CT molecular complexity index is 266. The van der Waals surface area contributed by atoms with Crippen molar-refractivity contribution in [2.24, 2.45) is 0 Å². The molecular formula is C11H13Cl2O. The molecule has 0 saturated carbocycles. The fourth-order valence-electron chi connectivity index (χ4n) is 1.10. The van der Waals surface area contributed by atoms with Gasteiger partial charge in [-0.1, -0.05) is 43.0 Å². The maximum Gasteiger partial charge on any atom is 0.156 e. The molecular weight excluding hydrogens is 219 g/mol. The first-order valence-electron chi connectivity index (χ1n) is 4.73. The Hall–Kier alpha value is -0.400. The topological polar surface area (TPSA) is 9.23 Å². The molecule has 0 aliphatic heterocycles. The molecule has 0 atom stereocenters. The monoisotopic (exact) mass is 231 g/mol. The number of halogens is 2. The first-order chi connectivity index (χ1) is 6.75. The van der Waals surface area contributed by atoms with E-state index in [1.54, 1.807) is 12.1 Å². The second kappa shape index (κ2) is 6.15. The van der Waals surface area contributed by atoms with Crippen molar-refractivity contribution in [3.8, 4) is 5.75 Å². The molecule has 0 unspecified atom stereocenters. The maximum absolute atomic E-state index is 5.90. The molecule has 1 aromatic carbocycles. The van der Waals surface area contributed by atoms with Gasteiger partial charge in [-0.05, 0) is 24.6 Å². The highest BCUT2D eigenvalue weighted by Crippen LogP contribution is 2.32. The van der Waals surface area contributed by atoms with Gasteiger partial charge in [-0.25, -0.2) is 0 Å². The average Bonchev–Trinajstić information content (AvgIpc) is 2.16. The maximum atomic E-state index is 5.90. The van der Waals surface area contributed by atoms with Gasteiger partial charge in [0.25, 0.3) is 0 Å². The third-order valence-electron chi connectivity index (χ3n) is 1.85. The van der Waals surface area contributed by atoms with Crippen LogP contribution < -0.4 is 4.74 Å². The number of unbranched alkanes of at least 4 members (excludes halogenated alkanes) is 2. The van der Waals surface area contributed by atoms with Crippen molar-refractivity contribution in [2.75, 3.05) is 6.61 Å². The lowest BCUT2D eigenvalue weighted by Gasteiger charge is -2.08. The number of rotatable bonds is 5. The molecule has 0 fully saturated rings. The van der Waals surface area contributed by atoms with Crippen LogP contribution in [-0.2, 0) is 0 Å². The van der Waals surface area contributed by atoms with Gasteiger partial charge in [0.05, 0.1) is 16.7 Å². The summed E-state index contributed by atoms with van der Waals surface area (Å²) in [7, 11) is 0. The van der Waals surface area contributed by atoms with Crippen molar-refractivity contribution in [2.45, 2.75) is 26.2 Å². The second-order valence-electron chi connectivity index (χ2n) is 3.04. The van der Waals surface area contributed by atoms with Crippen molar-refractivity contribution in [3.05, 3.63) is 28.2 Å². The van der Waals surface area contributed by atoms with Gasteiger partial charge in [0.1, 0.15) is 0 Å². The lowest BCUT2D eigenvalue weighted by molar-refractivity contribution is 0.306. The predicted molar refractivity (Wildman–Crippen MR) is 60.3 cm³/mol. The summed E-state index contributed by atoms with van der Waals surface area (Å²) in [5.74, 6) is 0.572. The van der Waals surface area contributed by atoms with Crippen LogP contribution in [0.5, 0.6) is 5.75 Å². The van der Waals surface area contributed by atoms with E-state index in [1.807, 2.05) is 0 Å². The zero-order valence-electron chi connectivity index (χ0n) is 8.15. The Labute approximate surface area is 95.0 Å². The van der Waals surface area contributed by atoms with E-state index >= 15 is 0 Å². The van der Waals surface area contributed by atoms with Crippen LogP contribution in [0.25, 0.3) is 0 Å². The van der Waals surface area contributed by atoms with Gasteiger partial charge in [0, 0.05) is 0 Å². The van der Waals surface area contributed by atoms with E-state index in [1.165, 1.54) is 6.42 Å². The molecule has 0 N–H and O–H groups in total. The van der Waals surface area contributed by atoms with Crippen LogP contribution in [-0.4, -0.2) is 6.61 Å². The SMILES string of the molecule is CCCCCOc1c(Cl)c[c]cc1Cl. The molecule has 14 heavy (non-hydrogen) atoms. The summed E-state index contributed by atoms with van der Waals surface area (Å²) in [6.45, 7) is 2.81. The van der Waals surface area contributed by atoms with Crippen molar-refractivity contribution in [1.82, 2.24) is 0 Å². The molecule has 1 nitrogen and oxygen atoms in total. The third-order valence-corrected chi connectivity index (χ3v) is 2.41. The van der Waals surface area contributed by atoms with E-state index in [0.29, 0.717) is 22.4 Å². The minimum absolute atomic E-state index is 0.522. The number of hydrogen-bond donors (Lipinski definition) is 0. The van der Waals surface area contributed by atoms with Crippen molar-refractivity contribution < 1.29 is 4.74 Å². The van der Waals surface area contributed by atoms with Gasteiger partial charge < -0.3 is 4.74 Å². The molecule has 0 amide bonds. The molecule has 0 aliphatic rings. The summed E-state index contributed by atoms with van der Waals surface area (Å²) >= 11 is 11.8. The standard InChI is InChI=1S/C11H13Cl2O/c1-2-3-4-8-14-11-9(12)6-5-7-10(11)13/h6-7H,2-4,8H2,1H3. The highest BCUT2D eigenvalue weighted by molar-refractivity contribution is 6.37. The predicted octanol–water partition coefficient (Wildman–Crippen LogP) is 4.36. The van der Waals surface area contributed by atoms with Gasteiger partial charge in [-0.3, -0.25) is 0 Å². The Morgan fingerprint density at radius 1 is 1.21 bits per heavy atom. The minimum Gasteiger partial charge on any atom is -0.490 e. The van der Waals surface area contributed by atoms with Gasteiger partial charge in [-0.2, -0.15) is 0 Å². The molecule has 0 bridgehead atoms. The lowest BCUT2D eigenvalue weighted by atomic mass is 10.3. The Kier molecular flexibility index (Phi) is 5.13. The van der Waals surface area contributed by atoms with Crippen LogP contribution in [0, 0.1) is 6.07 Å². The lowest BCUT2D eigenvalue weighted by Crippen LogP contribution is -1.98. The highest BCUT2D eigenvalue weighted by Gasteiger charge is 2.05. The van der Waals surface area contributed by atoms with Gasteiger partial charge in [0.15, 0.2) is 5.75 Å². The molecule has 1 radical (unpaired) electrons. The van der Waals surface area contributed by atoms with Gasteiger partial charge in [0.2, 0.25) is 0 Å². The van der Waals surface area contributed by atoms with Crippen LogP contribution >= 0.6 is 23.2 Å². The second-order valence-corrected chi connectivity index (χ2v) is 3.85. The Balaban J connectivity index is 2.49. The zero-order chi connectivity index (χ0) is 10.4. The molecule has 0 saturated heterocycles. The van der Waals surface area contributed by atoms with E-state index < -0.39 is 0 Å². The number of ether oxygens (including phenoxy) is 1. The summed E-state index contributed by atoms with van der Waals surface area (Å²) in [5, 5.41) is 1.04. The fourth-order valence-corrected chi connectivity index (χ4v) is 1.58. The largest absolute Gasteiger partial charge is 0.490 e. The van der Waals surface area contributed by atoms with E-state index in [0.717, 1.165) is 12.8 Å². The first kappa shape index (κ1) is 11.7. The summed E-state index contributed by atoms with van der Waals surface area (Å²) < 4.78 is 5.49. The normalized spacial score (nSPS) is 10.2. The fraction of sp³-hybridized carbons (Fsp3) is 0.455. The third kappa shape index (κ3) is 3.39. The summed E-state index contributed by atoms with van der Waals surface area (Å²) in [6.07, 6.45) is 3.36. The summed E-state index contributed by atoms with van der Waals surface area (Å²) in [5.41, 5.74) is 0. The van der Waals surface area contributed by atoms with E-state index in [4.69, 9.17) is 27.9 Å². The van der Waals surface area contributed by atoms with Gasteiger partial charge >= 0.3 is 0 Å². The van der Waals surface area contributed by atoms with Crippen LogP contribution in [0.15, 0.2) is 12.1 Å². The molecule has 0 aliphatic carbocycles.